The molecule has 1 heterocycles. The molecule has 1 aliphatic heterocycles. The van der Waals surface area contributed by atoms with Gasteiger partial charge in [-0.2, -0.15) is 0 Å². The van der Waals surface area contributed by atoms with Crippen LogP contribution in [-0.4, -0.2) is 65.7 Å². The van der Waals surface area contributed by atoms with E-state index in [0.717, 1.165) is 13.1 Å². The number of aliphatic carboxylic acids is 1. The third kappa shape index (κ3) is 3.60. The van der Waals surface area contributed by atoms with Crippen LogP contribution < -0.4 is 5.32 Å². The molecule has 2 atom stereocenters. The van der Waals surface area contributed by atoms with Crippen molar-refractivity contribution in [3.8, 4) is 0 Å². The number of carbonyl (C=O) groups excluding carboxylic acids is 1. The first-order valence-corrected chi connectivity index (χ1v) is 6.31. The molecule has 0 aromatic heterocycles. The molecule has 0 saturated carbocycles. The number of piperazine rings is 1. The first kappa shape index (κ1) is 14.8. The number of urea groups is 1. The SMILES string of the molecule is CC(C)C(NC(=O)N1CCN(C)CC1C)C(=O)O. The normalized spacial score (nSPS) is 22.9. The summed E-state index contributed by atoms with van der Waals surface area (Å²) in [5, 5.41) is 11.7. The summed E-state index contributed by atoms with van der Waals surface area (Å²) in [5.74, 6) is -1.12. The second-order valence-corrected chi connectivity index (χ2v) is 5.31. The van der Waals surface area contributed by atoms with Crippen molar-refractivity contribution in [2.75, 3.05) is 26.7 Å². The predicted octanol–water partition coefficient (Wildman–Crippen LogP) is 0.441. The zero-order chi connectivity index (χ0) is 13.9. The summed E-state index contributed by atoms with van der Waals surface area (Å²) in [4.78, 5) is 27.0. The lowest BCUT2D eigenvalue weighted by Gasteiger charge is -2.38. The highest BCUT2D eigenvalue weighted by molar-refractivity contribution is 5.83. The van der Waals surface area contributed by atoms with E-state index in [1.807, 2.05) is 14.0 Å². The van der Waals surface area contributed by atoms with Gasteiger partial charge in [-0.25, -0.2) is 9.59 Å². The smallest absolute Gasteiger partial charge is 0.326 e. The van der Waals surface area contributed by atoms with Crippen LogP contribution >= 0.6 is 0 Å². The van der Waals surface area contributed by atoms with Gasteiger partial charge >= 0.3 is 12.0 Å². The minimum atomic E-state index is -0.986. The maximum Gasteiger partial charge on any atom is 0.326 e. The molecule has 1 fully saturated rings. The van der Waals surface area contributed by atoms with Gasteiger partial charge in [-0.1, -0.05) is 13.8 Å². The van der Waals surface area contributed by atoms with Crippen LogP contribution in [0.3, 0.4) is 0 Å². The predicted molar refractivity (Wildman–Crippen MR) is 68.5 cm³/mol. The summed E-state index contributed by atoms with van der Waals surface area (Å²) < 4.78 is 0. The zero-order valence-electron chi connectivity index (χ0n) is 11.5. The molecule has 0 aliphatic carbocycles. The van der Waals surface area contributed by atoms with Crippen molar-refractivity contribution in [1.29, 1.82) is 0 Å². The minimum absolute atomic E-state index is 0.102. The number of likely N-dealkylation sites (N-methyl/N-ethyl adjacent to an activating group) is 1. The van der Waals surface area contributed by atoms with Gasteiger partial charge in [0.25, 0.3) is 0 Å². The Morgan fingerprint density at radius 2 is 1.94 bits per heavy atom. The lowest BCUT2D eigenvalue weighted by atomic mass is 10.1. The average molecular weight is 257 g/mol. The molecule has 2 N–H and O–H groups in total. The van der Waals surface area contributed by atoms with E-state index >= 15 is 0 Å². The third-order valence-electron chi connectivity index (χ3n) is 3.30. The number of carboxylic acid groups (broad SMARTS) is 1. The quantitative estimate of drug-likeness (QED) is 0.769. The van der Waals surface area contributed by atoms with Gasteiger partial charge in [-0.05, 0) is 19.9 Å². The van der Waals surface area contributed by atoms with Gasteiger partial charge in [0.1, 0.15) is 6.04 Å². The molecule has 18 heavy (non-hydrogen) atoms. The summed E-state index contributed by atoms with van der Waals surface area (Å²) in [6.45, 7) is 7.80. The Morgan fingerprint density at radius 3 is 2.39 bits per heavy atom. The Morgan fingerprint density at radius 1 is 1.33 bits per heavy atom. The van der Waals surface area contributed by atoms with E-state index in [0.29, 0.717) is 6.54 Å². The van der Waals surface area contributed by atoms with E-state index in [9.17, 15) is 9.59 Å². The summed E-state index contributed by atoms with van der Waals surface area (Å²) in [6.07, 6.45) is 0. The molecule has 2 unspecified atom stereocenters. The second kappa shape index (κ2) is 6.04. The number of amides is 2. The number of nitrogens with one attached hydrogen (secondary N) is 1. The highest BCUT2D eigenvalue weighted by Gasteiger charge is 2.30. The Kier molecular flexibility index (Phi) is 4.95. The zero-order valence-corrected chi connectivity index (χ0v) is 11.5. The van der Waals surface area contributed by atoms with Crippen molar-refractivity contribution in [3.63, 3.8) is 0 Å². The topological polar surface area (TPSA) is 72.9 Å². The highest BCUT2D eigenvalue weighted by Crippen LogP contribution is 2.09. The standard InChI is InChI=1S/C12H23N3O3/c1-8(2)10(11(16)17)13-12(18)15-6-5-14(4)7-9(15)3/h8-10H,5-7H2,1-4H3,(H,13,18)(H,16,17). The van der Waals surface area contributed by atoms with Gasteiger partial charge in [0, 0.05) is 25.7 Å². The first-order valence-electron chi connectivity index (χ1n) is 6.31. The molecule has 6 heteroatoms. The van der Waals surface area contributed by atoms with Crippen LogP contribution in [0, 0.1) is 5.92 Å². The lowest BCUT2D eigenvalue weighted by molar-refractivity contribution is -0.140. The van der Waals surface area contributed by atoms with Crippen LogP contribution in [0.15, 0.2) is 0 Å². The summed E-state index contributed by atoms with van der Waals surface area (Å²) in [7, 11) is 2.01. The molecule has 104 valence electrons. The molecular weight excluding hydrogens is 234 g/mol. The third-order valence-corrected chi connectivity index (χ3v) is 3.30. The van der Waals surface area contributed by atoms with Crippen LogP contribution in [0.25, 0.3) is 0 Å². The van der Waals surface area contributed by atoms with Crippen LogP contribution in [0.2, 0.25) is 0 Å². The monoisotopic (exact) mass is 257 g/mol. The van der Waals surface area contributed by atoms with Gasteiger partial charge in [-0.3, -0.25) is 0 Å². The van der Waals surface area contributed by atoms with Crippen molar-refractivity contribution in [2.24, 2.45) is 5.92 Å². The molecule has 1 aliphatic rings. The molecule has 0 bridgehead atoms. The van der Waals surface area contributed by atoms with E-state index in [-0.39, 0.29) is 18.0 Å². The molecular formula is C12H23N3O3. The van der Waals surface area contributed by atoms with Crippen molar-refractivity contribution >= 4 is 12.0 Å². The van der Waals surface area contributed by atoms with Gasteiger partial charge in [-0.15, -0.1) is 0 Å². The van der Waals surface area contributed by atoms with Crippen LogP contribution in [0.5, 0.6) is 0 Å². The van der Waals surface area contributed by atoms with Crippen LogP contribution in [0.1, 0.15) is 20.8 Å². The molecule has 2 amide bonds. The highest BCUT2D eigenvalue weighted by atomic mass is 16.4. The molecule has 1 rings (SSSR count). The van der Waals surface area contributed by atoms with Crippen molar-refractivity contribution in [2.45, 2.75) is 32.9 Å². The Labute approximate surface area is 108 Å². The number of hydrogen-bond donors (Lipinski definition) is 2. The van der Waals surface area contributed by atoms with E-state index in [1.165, 1.54) is 0 Å². The number of rotatable bonds is 3. The van der Waals surface area contributed by atoms with E-state index in [1.54, 1.807) is 18.7 Å². The van der Waals surface area contributed by atoms with Crippen molar-refractivity contribution in [1.82, 2.24) is 15.1 Å². The number of carboxylic acids is 1. The Bertz CT molecular complexity index is 320. The maximum absolute atomic E-state index is 12.1. The van der Waals surface area contributed by atoms with Crippen LogP contribution in [-0.2, 0) is 4.79 Å². The lowest BCUT2D eigenvalue weighted by Crippen LogP contribution is -2.58. The molecule has 1 saturated heterocycles. The van der Waals surface area contributed by atoms with E-state index in [2.05, 4.69) is 10.2 Å². The van der Waals surface area contributed by atoms with E-state index in [4.69, 9.17) is 5.11 Å². The number of nitrogens with zero attached hydrogens (tertiary/aromatic N) is 2. The molecule has 0 radical (unpaired) electrons. The van der Waals surface area contributed by atoms with Gasteiger partial charge in [0.15, 0.2) is 0 Å². The Balaban J connectivity index is 2.61. The number of carbonyl (C=O) groups is 2. The largest absolute Gasteiger partial charge is 0.480 e. The summed E-state index contributed by atoms with van der Waals surface area (Å²) >= 11 is 0. The first-order chi connectivity index (χ1) is 8.32. The van der Waals surface area contributed by atoms with Crippen LogP contribution in [0.4, 0.5) is 4.79 Å². The summed E-state index contributed by atoms with van der Waals surface area (Å²) in [5.41, 5.74) is 0. The molecule has 6 nitrogen and oxygen atoms in total. The number of hydrogen-bond acceptors (Lipinski definition) is 3. The fourth-order valence-corrected chi connectivity index (χ4v) is 2.17. The fourth-order valence-electron chi connectivity index (χ4n) is 2.17. The minimum Gasteiger partial charge on any atom is -0.480 e. The van der Waals surface area contributed by atoms with Gasteiger partial charge < -0.3 is 20.2 Å². The molecule has 0 spiro atoms. The van der Waals surface area contributed by atoms with Gasteiger partial charge in [0.05, 0.1) is 0 Å². The Hall–Kier alpha value is -1.30. The molecule has 0 aromatic rings. The van der Waals surface area contributed by atoms with Gasteiger partial charge in [0.2, 0.25) is 0 Å². The molecule has 0 aromatic carbocycles. The van der Waals surface area contributed by atoms with Crippen molar-refractivity contribution < 1.29 is 14.7 Å². The average Bonchev–Trinajstić information content (AvgIpc) is 2.24. The summed E-state index contributed by atoms with van der Waals surface area (Å²) in [6, 6.07) is -1.01. The van der Waals surface area contributed by atoms with E-state index < -0.39 is 12.0 Å². The van der Waals surface area contributed by atoms with Crippen molar-refractivity contribution in [3.05, 3.63) is 0 Å². The fraction of sp³-hybridized carbons (Fsp3) is 0.833. The second-order valence-electron chi connectivity index (χ2n) is 5.31. The maximum atomic E-state index is 12.1.